The molecule has 1 aliphatic carbocycles. The van der Waals surface area contributed by atoms with E-state index in [1.807, 2.05) is 0 Å². The molecule has 2 aliphatic rings. The molecular weight excluding hydrogens is 556 g/mol. The quantitative estimate of drug-likeness (QED) is 0.368. The third-order valence-corrected chi connectivity index (χ3v) is 7.54. The molecule has 0 spiro atoms. The van der Waals surface area contributed by atoms with Gasteiger partial charge in [-0.2, -0.15) is 13.2 Å². The van der Waals surface area contributed by atoms with Gasteiger partial charge in [0.2, 0.25) is 5.91 Å². The minimum atomic E-state index is -4.43. The van der Waals surface area contributed by atoms with Crippen LogP contribution in [0.5, 0.6) is 5.75 Å². The predicted molar refractivity (Wildman–Crippen MR) is 149 cm³/mol. The van der Waals surface area contributed by atoms with Crippen LogP contribution in [-0.2, 0) is 22.4 Å². The Morgan fingerprint density at radius 3 is 2.07 bits per heavy atom. The molecular formula is C31H40F4N2O5. The van der Waals surface area contributed by atoms with Gasteiger partial charge in [-0.1, -0.05) is 37.5 Å². The number of ether oxygens (including phenoxy) is 1. The molecule has 2 aromatic carbocycles. The van der Waals surface area contributed by atoms with Crippen LogP contribution in [0.25, 0.3) is 0 Å². The predicted octanol–water partition coefficient (Wildman–Crippen LogP) is 5.75. The summed E-state index contributed by atoms with van der Waals surface area (Å²) in [6.45, 7) is 7.27. The van der Waals surface area contributed by atoms with Crippen molar-refractivity contribution in [2.45, 2.75) is 77.2 Å². The van der Waals surface area contributed by atoms with Crippen molar-refractivity contribution in [1.29, 1.82) is 0 Å². The summed E-state index contributed by atoms with van der Waals surface area (Å²) in [5, 5.41) is 22.9. The van der Waals surface area contributed by atoms with Crippen molar-refractivity contribution in [1.82, 2.24) is 10.2 Å². The van der Waals surface area contributed by atoms with E-state index in [1.54, 1.807) is 31.7 Å². The molecule has 11 heteroatoms. The molecule has 0 radical (unpaired) electrons. The number of nitrogens with one attached hydrogen (secondary N) is 1. The third-order valence-electron chi connectivity index (χ3n) is 7.54. The lowest BCUT2D eigenvalue weighted by atomic mass is 9.72. The number of carbonyl (C=O) groups excluding carboxylic acids is 1. The molecule has 0 aromatic heterocycles. The lowest BCUT2D eigenvalue weighted by molar-refractivity contribution is -0.146. The van der Waals surface area contributed by atoms with Crippen molar-refractivity contribution >= 4 is 11.9 Å². The SMILES string of the molecule is CC(C)(C)C(=O)O.O=C(C(c1ccc(OCc2ccc(C(F)(F)F)cc2)c(F)c1)C1(O)CCCCC1)N1CCNCC1. The van der Waals surface area contributed by atoms with Crippen LogP contribution >= 0.6 is 0 Å². The molecule has 3 N–H and O–H groups in total. The summed E-state index contributed by atoms with van der Waals surface area (Å²) in [4.78, 5) is 25.3. The number of halogens is 4. The zero-order valence-electron chi connectivity index (χ0n) is 24.3. The van der Waals surface area contributed by atoms with Crippen molar-refractivity contribution < 1.29 is 42.1 Å². The van der Waals surface area contributed by atoms with E-state index in [-0.39, 0.29) is 18.3 Å². The van der Waals surface area contributed by atoms with Crippen LogP contribution in [0, 0.1) is 11.2 Å². The molecule has 2 fully saturated rings. The number of amides is 1. The van der Waals surface area contributed by atoms with Crippen molar-refractivity contribution in [3.63, 3.8) is 0 Å². The number of alkyl halides is 3. The fourth-order valence-electron chi connectivity index (χ4n) is 4.97. The zero-order valence-corrected chi connectivity index (χ0v) is 24.3. The fraction of sp³-hybridized carbons (Fsp3) is 0.548. The van der Waals surface area contributed by atoms with Crippen molar-refractivity contribution in [3.8, 4) is 5.75 Å². The highest BCUT2D eigenvalue weighted by molar-refractivity contribution is 5.85. The van der Waals surface area contributed by atoms with Gasteiger partial charge < -0.3 is 25.2 Å². The van der Waals surface area contributed by atoms with Crippen LogP contribution in [0.1, 0.15) is 75.5 Å². The summed E-state index contributed by atoms with van der Waals surface area (Å²) in [5.41, 5.74) is -1.73. The number of rotatable bonds is 6. The highest BCUT2D eigenvalue weighted by atomic mass is 19.4. The van der Waals surface area contributed by atoms with Gasteiger partial charge in [0.1, 0.15) is 6.61 Å². The van der Waals surface area contributed by atoms with E-state index in [4.69, 9.17) is 9.84 Å². The van der Waals surface area contributed by atoms with Gasteiger partial charge in [-0.05, 0) is 69.0 Å². The highest BCUT2D eigenvalue weighted by Gasteiger charge is 2.45. The number of aliphatic hydroxyl groups is 1. The van der Waals surface area contributed by atoms with E-state index in [0.29, 0.717) is 50.1 Å². The Balaban J connectivity index is 0.000000616. The van der Waals surface area contributed by atoms with E-state index in [0.717, 1.165) is 31.4 Å². The molecule has 232 valence electrons. The minimum Gasteiger partial charge on any atom is -0.486 e. The van der Waals surface area contributed by atoms with Gasteiger partial charge in [-0.15, -0.1) is 0 Å². The van der Waals surface area contributed by atoms with Crippen LogP contribution in [-0.4, -0.2) is 58.8 Å². The largest absolute Gasteiger partial charge is 0.486 e. The number of hydrogen-bond donors (Lipinski definition) is 3. The molecule has 42 heavy (non-hydrogen) atoms. The first-order valence-electron chi connectivity index (χ1n) is 14.2. The van der Waals surface area contributed by atoms with E-state index in [1.165, 1.54) is 24.3 Å². The number of aliphatic carboxylic acids is 1. The summed E-state index contributed by atoms with van der Waals surface area (Å²) in [6, 6.07) is 8.73. The first-order chi connectivity index (χ1) is 19.6. The van der Waals surface area contributed by atoms with Gasteiger partial charge in [0.05, 0.1) is 22.5 Å². The topological polar surface area (TPSA) is 99.1 Å². The molecule has 1 unspecified atom stereocenters. The Morgan fingerprint density at radius 1 is 1.00 bits per heavy atom. The van der Waals surface area contributed by atoms with Crippen LogP contribution in [0.4, 0.5) is 17.6 Å². The summed E-state index contributed by atoms with van der Waals surface area (Å²) >= 11 is 0. The van der Waals surface area contributed by atoms with E-state index in [2.05, 4.69) is 5.32 Å². The average molecular weight is 597 g/mol. The smallest absolute Gasteiger partial charge is 0.416 e. The Kier molecular flexibility index (Phi) is 11.0. The van der Waals surface area contributed by atoms with Crippen LogP contribution in [0.15, 0.2) is 42.5 Å². The molecule has 1 aliphatic heterocycles. The number of nitrogens with zero attached hydrogens (tertiary/aromatic N) is 1. The van der Waals surface area contributed by atoms with Crippen molar-refractivity contribution in [2.75, 3.05) is 26.2 Å². The van der Waals surface area contributed by atoms with Gasteiger partial charge in [0, 0.05) is 26.2 Å². The normalized spacial score (nSPS) is 18.0. The number of carboxylic acids is 1. The molecule has 7 nitrogen and oxygen atoms in total. The molecule has 1 saturated carbocycles. The number of piperazine rings is 1. The summed E-state index contributed by atoms with van der Waals surface area (Å²) < 4.78 is 58.8. The molecule has 2 aromatic rings. The summed E-state index contributed by atoms with van der Waals surface area (Å²) in [5.74, 6) is -2.59. The van der Waals surface area contributed by atoms with Gasteiger partial charge in [-0.3, -0.25) is 9.59 Å². The van der Waals surface area contributed by atoms with E-state index in [9.17, 15) is 27.9 Å². The third kappa shape index (κ3) is 8.91. The second kappa shape index (κ2) is 13.9. The Morgan fingerprint density at radius 2 is 1.57 bits per heavy atom. The Labute approximate surface area is 243 Å². The summed E-state index contributed by atoms with van der Waals surface area (Å²) in [7, 11) is 0. The van der Waals surface area contributed by atoms with Crippen LogP contribution in [0.3, 0.4) is 0 Å². The first kappa shape index (κ1) is 33.3. The van der Waals surface area contributed by atoms with Gasteiger partial charge in [-0.25, -0.2) is 4.39 Å². The van der Waals surface area contributed by atoms with Crippen LogP contribution < -0.4 is 10.1 Å². The lowest BCUT2D eigenvalue weighted by Gasteiger charge is -2.41. The molecule has 1 saturated heterocycles. The van der Waals surface area contributed by atoms with Gasteiger partial charge in [0.25, 0.3) is 0 Å². The molecule has 1 amide bonds. The second-order valence-electron chi connectivity index (χ2n) is 11.9. The van der Waals surface area contributed by atoms with Gasteiger partial charge >= 0.3 is 12.1 Å². The Bertz CT molecular complexity index is 1200. The van der Waals surface area contributed by atoms with Crippen molar-refractivity contribution in [3.05, 3.63) is 65.0 Å². The monoisotopic (exact) mass is 596 g/mol. The van der Waals surface area contributed by atoms with Crippen LogP contribution in [0.2, 0.25) is 0 Å². The first-order valence-corrected chi connectivity index (χ1v) is 14.2. The zero-order chi connectivity index (χ0) is 31.1. The highest BCUT2D eigenvalue weighted by Crippen LogP contribution is 2.42. The molecule has 1 heterocycles. The van der Waals surface area contributed by atoms with E-state index >= 15 is 4.39 Å². The number of carboxylic acid groups (broad SMARTS) is 1. The second-order valence-corrected chi connectivity index (χ2v) is 11.9. The maximum Gasteiger partial charge on any atom is 0.416 e. The number of hydrogen-bond acceptors (Lipinski definition) is 5. The van der Waals surface area contributed by atoms with E-state index < -0.39 is 40.5 Å². The standard InChI is InChI=1S/C26H30F4N2O3.C5H10O2/c27-21-16-19(6-9-22(21)35-17-18-4-7-20(8-5-18)26(28,29)30)23(25(34)10-2-1-3-11-25)24(33)32-14-12-31-13-15-32;1-5(2,3)4(6)7/h4-9,16,23,31,34H,1-3,10-15,17H2;1-3H3,(H,6,7). The maximum atomic E-state index is 15.0. The molecule has 4 rings (SSSR count). The number of carbonyl (C=O) groups is 2. The van der Waals surface area contributed by atoms with Crippen molar-refractivity contribution in [2.24, 2.45) is 5.41 Å². The molecule has 1 atom stereocenters. The number of benzene rings is 2. The Hall–Kier alpha value is -3.18. The maximum absolute atomic E-state index is 15.0. The lowest BCUT2D eigenvalue weighted by Crippen LogP contribution is -2.53. The minimum absolute atomic E-state index is 0.0716. The van der Waals surface area contributed by atoms with Gasteiger partial charge in [0.15, 0.2) is 11.6 Å². The fourth-order valence-corrected chi connectivity index (χ4v) is 4.97. The summed E-state index contributed by atoms with van der Waals surface area (Å²) in [6.07, 6.45) is -0.881. The molecule has 0 bridgehead atoms. The average Bonchev–Trinajstić information content (AvgIpc) is 2.93.